The summed E-state index contributed by atoms with van der Waals surface area (Å²) >= 11 is 0. The Balaban J connectivity index is 1.93. The van der Waals surface area contributed by atoms with Crippen LogP contribution in [0.5, 0.6) is 0 Å². The normalized spacial score (nSPS) is 18.7. The van der Waals surface area contributed by atoms with E-state index in [0.29, 0.717) is 6.54 Å². The summed E-state index contributed by atoms with van der Waals surface area (Å²) in [6.07, 6.45) is 3.15. The number of alkyl halides is 2. The summed E-state index contributed by atoms with van der Waals surface area (Å²) in [5.74, 6) is 0. The van der Waals surface area contributed by atoms with Crippen molar-refractivity contribution in [2.24, 2.45) is 0 Å². The summed E-state index contributed by atoms with van der Waals surface area (Å²) in [6.45, 7) is 3.80. The molecular weight excluding hydrogens is 314 g/mol. The smallest absolute Gasteiger partial charge is 0.257 e. The van der Waals surface area contributed by atoms with E-state index >= 15 is 0 Å². The molecule has 1 aliphatic rings. The number of sulfonamides is 1. The summed E-state index contributed by atoms with van der Waals surface area (Å²) in [4.78, 5) is 2.15. The SMILES string of the molecule is CC(CN1CCCCC1)NS(=O)(=O)c1cnn(CC(F)F)c1. The van der Waals surface area contributed by atoms with Crippen molar-refractivity contribution in [3.63, 3.8) is 0 Å². The maximum absolute atomic E-state index is 12.3. The van der Waals surface area contributed by atoms with Crippen LogP contribution in [0.2, 0.25) is 0 Å². The van der Waals surface area contributed by atoms with Crippen LogP contribution in [-0.2, 0) is 16.6 Å². The molecule has 0 aromatic carbocycles. The second kappa shape index (κ2) is 7.47. The van der Waals surface area contributed by atoms with Crippen LogP contribution >= 0.6 is 0 Å². The Bertz CT molecular complexity index is 570. The highest BCUT2D eigenvalue weighted by molar-refractivity contribution is 7.89. The average Bonchev–Trinajstić information content (AvgIpc) is 2.87. The Hall–Kier alpha value is -1.06. The van der Waals surface area contributed by atoms with Gasteiger partial charge in [-0.3, -0.25) is 4.68 Å². The number of hydrogen-bond donors (Lipinski definition) is 1. The fourth-order valence-electron chi connectivity index (χ4n) is 2.62. The lowest BCUT2D eigenvalue weighted by atomic mass is 10.1. The molecule has 0 saturated carbocycles. The average molecular weight is 336 g/mol. The number of likely N-dealkylation sites (tertiary alicyclic amines) is 1. The van der Waals surface area contributed by atoms with Crippen molar-refractivity contribution < 1.29 is 17.2 Å². The second-order valence-electron chi connectivity index (χ2n) is 5.67. The minimum atomic E-state index is -3.73. The van der Waals surface area contributed by atoms with Crippen molar-refractivity contribution in [3.05, 3.63) is 12.4 Å². The minimum absolute atomic E-state index is 0.0846. The van der Waals surface area contributed by atoms with Gasteiger partial charge in [0, 0.05) is 18.8 Å². The molecule has 1 atom stereocenters. The number of hydrogen-bond acceptors (Lipinski definition) is 4. The number of nitrogens with one attached hydrogen (secondary N) is 1. The van der Waals surface area contributed by atoms with Gasteiger partial charge < -0.3 is 4.90 Å². The lowest BCUT2D eigenvalue weighted by Crippen LogP contribution is -2.43. The second-order valence-corrected chi connectivity index (χ2v) is 7.39. The number of piperidine rings is 1. The molecule has 22 heavy (non-hydrogen) atoms. The van der Waals surface area contributed by atoms with Crippen LogP contribution in [0.25, 0.3) is 0 Å². The van der Waals surface area contributed by atoms with E-state index in [4.69, 9.17) is 0 Å². The van der Waals surface area contributed by atoms with Gasteiger partial charge in [0.15, 0.2) is 0 Å². The van der Waals surface area contributed by atoms with Gasteiger partial charge in [-0.1, -0.05) is 6.42 Å². The third-order valence-electron chi connectivity index (χ3n) is 3.58. The fraction of sp³-hybridized carbons (Fsp3) is 0.769. The molecule has 6 nitrogen and oxygen atoms in total. The van der Waals surface area contributed by atoms with Crippen molar-refractivity contribution in [2.45, 2.75) is 50.1 Å². The lowest BCUT2D eigenvalue weighted by Gasteiger charge is -2.29. The predicted octanol–water partition coefficient (Wildman–Crippen LogP) is 1.30. The molecule has 9 heteroatoms. The number of rotatable bonds is 7. The van der Waals surface area contributed by atoms with Gasteiger partial charge >= 0.3 is 0 Å². The van der Waals surface area contributed by atoms with Crippen molar-refractivity contribution >= 4 is 10.0 Å². The van der Waals surface area contributed by atoms with Crippen LogP contribution in [0.3, 0.4) is 0 Å². The first-order valence-corrected chi connectivity index (χ1v) is 8.90. The molecule has 0 aliphatic carbocycles. The summed E-state index contributed by atoms with van der Waals surface area (Å²) < 4.78 is 52.5. The highest BCUT2D eigenvalue weighted by Crippen LogP contribution is 2.12. The van der Waals surface area contributed by atoms with E-state index in [2.05, 4.69) is 14.7 Å². The van der Waals surface area contributed by atoms with Gasteiger partial charge in [-0.15, -0.1) is 0 Å². The van der Waals surface area contributed by atoms with Crippen LogP contribution < -0.4 is 4.72 Å². The summed E-state index contributed by atoms with van der Waals surface area (Å²) in [7, 11) is -3.73. The standard InChI is InChI=1S/C13H22F2N4O2S/c1-11(8-18-5-3-2-4-6-18)17-22(20,21)12-7-16-19(9-12)10-13(14)15/h7,9,11,13,17H,2-6,8,10H2,1H3. The van der Waals surface area contributed by atoms with Crippen molar-refractivity contribution in [2.75, 3.05) is 19.6 Å². The van der Waals surface area contributed by atoms with Gasteiger partial charge in [0.05, 0.1) is 6.20 Å². The summed E-state index contributed by atoms with van der Waals surface area (Å²) in [6, 6.07) is -0.249. The predicted molar refractivity (Wildman–Crippen MR) is 78.3 cm³/mol. The zero-order chi connectivity index (χ0) is 16.2. The Labute approximate surface area is 129 Å². The van der Waals surface area contributed by atoms with Gasteiger partial charge in [0.2, 0.25) is 10.0 Å². The Morgan fingerprint density at radius 3 is 2.59 bits per heavy atom. The first kappa shape index (κ1) is 17.3. The molecule has 0 amide bonds. The van der Waals surface area contributed by atoms with E-state index in [1.54, 1.807) is 6.92 Å². The Morgan fingerprint density at radius 2 is 1.95 bits per heavy atom. The van der Waals surface area contributed by atoms with Crippen LogP contribution in [-0.4, -0.2) is 55.2 Å². The molecule has 1 fully saturated rings. The molecule has 0 bridgehead atoms. The maximum Gasteiger partial charge on any atom is 0.257 e. The van der Waals surface area contributed by atoms with Gasteiger partial charge in [0.25, 0.3) is 6.43 Å². The van der Waals surface area contributed by atoms with Gasteiger partial charge in [0.1, 0.15) is 11.4 Å². The van der Waals surface area contributed by atoms with Crippen molar-refractivity contribution in [1.29, 1.82) is 0 Å². The number of aromatic nitrogens is 2. The minimum Gasteiger partial charge on any atom is -0.302 e. The molecule has 1 unspecified atom stereocenters. The van der Waals surface area contributed by atoms with Gasteiger partial charge in [-0.2, -0.15) is 5.10 Å². The van der Waals surface area contributed by atoms with E-state index < -0.39 is 23.0 Å². The third kappa shape index (κ3) is 4.99. The number of nitrogens with zero attached hydrogens (tertiary/aromatic N) is 3. The molecule has 0 spiro atoms. The van der Waals surface area contributed by atoms with Crippen molar-refractivity contribution in [3.8, 4) is 0 Å². The number of halogens is 2. The van der Waals surface area contributed by atoms with Crippen LogP contribution in [0.1, 0.15) is 26.2 Å². The lowest BCUT2D eigenvalue weighted by molar-refractivity contribution is 0.121. The molecule has 1 aliphatic heterocycles. The topological polar surface area (TPSA) is 67.2 Å². The maximum atomic E-state index is 12.3. The largest absolute Gasteiger partial charge is 0.302 e. The van der Waals surface area contributed by atoms with Crippen LogP contribution in [0.15, 0.2) is 17.3 Å². The molecule has 2 heterocycles. The molecule has 1 aromatic rings. The van der Waals surface area contributed by atoms with Crippen LogP contribution in [0, 0.1) is 0 Å². The van der Waals surface area contributed by atoms with E-state index in [1.165, 1.54) is 6.42 Å². The Kier molecular flexibility index (Phi) is 5.87. The van der Waals surface area contributed by atoms with E-state index in [9.17, 15) is 17.2 Å². The summed E-state index contributed by atoms with van der Waals surface area (Å²) in [5.41, 5.74) is 0. The first-order valence-electron chi connectivity index (χ1n) is 7.42. The van der Waals surface area contributed by atoms with Crippen LogP contribution in [0.4, 0.5) is 8.78 Å². The van der Waals surface area contributed by atoms with Gasteiger partial charge in [-0.05, 0) is 32.9 Å². The first-order chi connectivity index (χ1) is 10.4. The molecule has 2 rings (SSSR count). The molecular formula is C13H22F2N4O2S. The quantitative estimate of drug-likeness (QED) is 0.815. The molecule has 1 N–H and O–H groups in total. The highest BCUT2D eigenvalue weighted by atomic mass is 32.2. The molecule has 1 saturated heterocycles. The van der Waals surface area contributed by atoms with E-state index in [-0.39, 0.29) is 10.9 Å². The molecule has 1 aromatic heterocycles. The van der Waals surface area contributed by atoms with Crippen molar-refractivity contribution in [1.82, 2.24) is 19.4 Å². The monoisotopic (exact) mass is 336 g/mol. The fourth-order valence-corrected chi connectivity index (χ4v) is 3.81. The highest BCUT2D eigenvalue weighted by Gasteiger charge is 2.22. The molecule has 0 radical (unpaired) electrons. The van der Waals surface area contributed by atoms with E-state index in [0.717, 1.165) is 43.0 Å². The summed E-state index contributed by atoms with van der Waals surface area (Å²) in [5, 5.41) is 3.65. The zero-order valence-corrected chi connectivity index (χ0v) is 13.4. The third-order valence-corrected chi connectivity index (χ3v) is 5.13. The van der Waals surface area contributed by atoms with E-state index in [1.807, 2.05) is 0 Å². The zero-order valence-electron chi connectivity index (χ0n) is 12.6. The Morgan fingerprint density at radius 1 is 1.27 bits per heavy atom. The molecule has 126 valence electrons. The van der Waals surface area contributed by atoms with Gasteiger partial charge in [-0.25, -0.2) is 21.9 Å².